The van der Waals surface area contributed by atoms with Crippen molar-refractivity contribution in [2.45, 2.75) is 39.5 Å². The van der Waals surface area contributed by atoms with E-state index < -0.39 is 19.2 Å². The summed E-state index contributed by atoms with van der Waals surface area (Å²) >= 11 is 0. The predicted octanol–water partition coefficient (Wildman–Crippen LogP) is 5.01. The van der Waals surface area contributed by atoms with Crippen LogP contribution in [0.25, 0.3) is 0 Å². The first-order valence-corrected chi connectivity index (χ1v) is 11.4. The maximum atomic E-state index is 13.2. The standard InChI is InChI=1S/C22H29O6P/c1-4-25-22(23)21(29(24,27-5-2)28-6-3)16-18-12-14-20(15-13-18)26-17-19-10-8-7-9-11-19/h7-15,21H,4-6,16-17H2,1-3H3. The molecule has 2 aromatic rings. The molecule has 0 aliphatic carbocycles. The van der Waals surface area contributed by atoms with Gasteiger partial charge in [-0.25, -0.2) is 0 Å². The number of benzene rings is 2. The first-order chi connectivity index (χ1) is 14.0. The predicted molar refractivity (Wildman–Crippen MR) is 112 cm³/mol. The molecule has 6 nitrogen and oxygen atoms in total. The van der Waals surface area contributed by atoms with Crippen molar-refractivity contribution in [3.63, 3.8) is 0 Å². The van der Waals surface area contributed by atoms with Crippen LogP contribution < -0.4 is 4.74 Å². The van der Waals surface area contributed by atoms with Crippen LogP contribution in [0.3, 0.4) is 0 Å². The van der Waals surface area contributed by atoms with Gasteiger partial charge in [0.05, 0.1) is 19.8 Å². The Morgan fingerprint density at radius 3 is 2.03 bits per heavy atom. The monoisotopic (exact) mass is 420 g/mol. The molecular weight excluding hydrogens is 391 g/mol. The van der Waals surface area contributed by atoms with Gasteiger partial charge in [-0.15, -0.1) is 0 Å². The zero-order valence-electron chi connectivity index (χ0n) is 17.2. The van der Waals surface area contributed by atoms with Crippen LogP contribution in [0, 0.1) is 0 Å². The number of esters is 1. The van der Waals surface area contributed by atoms with Crippen molar-refractivity contribution in [2.24, 2.45) is 0 Å². The van der Waals surface area contributed by atoms with E-state index in [0.717, 1.165) is 11.1 Å². The number of ether oxygens (including phenoxy) is 2. The summed E-state index contributed by atoms with van der Waals surface area (Å²) in [6.07, 6.45) is 0.190. The van der Waals surface area contributed by atoms with Crippen LogP contribution >= 0.6 is 7.60 Å². The van der Waals surface area contributed by atoms with Crippen molar-refractivity contribution in [1.82, 2.24) is 0 Å². The molecule has 158 valence electrons. The largest absolute Gasteiger partial charge is 0.489 e. The van der Waals surface area contributed by atoms with Crippen molar-refractivity contribution >= 4 is 13.6 Å². The molecule has 0 saturated heterocycles. The topological polar surface area (TPSA) is 71.1 Å². The second-order valence-corrected chi connectivity index (χ2v) is 8.48. The molecule has 2 rings (SSSR count). The summed E-state index contributed by atoms with van der Waals surface area (Å²) in [4.78, 5) is 12.5. The van der Waals surface area contributed by atoms with Crippen molar-refractivity contribution in [3.8, 4) is 5.75 Å². The Balaban J connectivity index is 2.11. The maximum Gasteiger partial charge on any atom is 0.345 e. The quantitative estimate of drug-likeness (QED) is 0.355. The minimum atomic E-state index is -3.65. The van der Waals surface area contributed by atoms with Gasteiger partial charge in [0.2, 0.25) is 0 Å². The lowest BCUT2D eigenvalue weighted by atomic mass is 10.1. The van der Waals surface area contributed by atoms with Gasteiger partial charge >= 0.3 is 13.6 Å². The van der Waals surface area contributed by atoms with Crippen molar-refractivity contribution in [3.05, 3.63) is 65.7 Å². The van der Waals surface area contributed by atoms with Crippen LogP contribution in [-0.2, 0) is 36.2 Å². The molecule has 1 unspecified atom stereocenters. The summed E-state index contributed by atoms with van der Waals surface area (Å²) in [6, 6.07) is 17.2. The zero-order chi connectivity index (χ0) is 21.1. The third-order valence-corrected chi connectivity index (χ3v) is 6.55. The lowest BCUT2D eigenvalue weighted by molar-refractivity contribution is -0.143. The van der Waals surface area contributed by atoms with Crippen LogP contribution in [0.5, 0.6) is 5.75 Å². The fourth-order valence-electron chi connectivity index (χ4n) is 2.83. The summed E-state index contributed by atoms with van der Waals surface area (Å²) in [7, 11) is -3.65. The van der Waals surface area contributed by atoms with E-state index in [0.29, 0.717) is 12.4 Å². The van der Waals surface area contributed by atoms with E-state index in [9.17, 15) is 9.36 Å². The number of rotatable bonds is 12. The highest BCUT2D eigenvalue weighted by atomic mass is 31.2. The molecule has 7 heteroatoms. The number of carbonyl (C=O) groups is 1. The van der Waals surface area contributed by atoms with Crippen molar-refractivity contribution in [1.29, 1.82) is 0 Å². The molecule has 0 radical (unpaired) electrons. The Kier molecular flexibility index (Phi) is 9.39. The fraction of sp³-hybridized carbons (Fsp3) is 0.409. The molecule has 0 aromatic heterocycles. The molecule has 0 aliphatic heterocycles. The highest BCUT2D eigenvalue weighted by Crippen LogP contribution is 2.54. The second-order valence-electron chi connectivity index (χ2n) is 6.27. The molecule has 0 bridgehead atoms. The van der Waals surface area contributed by atoms with Crippen LogP contribution in [0.15, 0.2) is 54.6 Å². The Hall–Kier alpha value is -2.14. The van der Waals surface area contributed by atoms with Gasteiger partial charge in [0.15, 0.2) is 5.66 Å². The van der Waals surface area contributed by atoms with Gasteiger partial charge in [-0.1, -0.05) is 42.5 Å². The summed E-state index contributed by atoms with van der Waals surface area (Å²) in [5, 5.41) is 0. The van der Waals surface area contributed by atoms with Gasteiger partial charge in [0.1, 0.15) is 12.4 Å². The number of carbonyl (C=O) groups excluding carboxylic acids is 1. The van der Waals surface area contributed by atoms with Gasteiger partial charge in [0.25, 0.3) is 0 Å². The Morgan fingerprint density at radius 1 is 0.862 bits per heavy atom. The Bertz CT molecular complexity index is 781. The zero-order valence-corrected chi connectivity index (χ0v) is 18.1. The molecule has 0 amide bonds. The smallest absolute Gasteiger partial charge is 0.345 e. The summed E-state index contributed by atoms with van der Waals surface area (Å²) in [5.74, 6) is 0.130. The molecule has 2 aromatic carbocycles. The molecule has 0 fully saturated rings. The minimum Gasteiger partial charge on any atom is -0.489 e. The average molecular weight is 420 g/mol. The van der Waals surface area contributed by atoms with Crippen LogP contribution in [-0.4, -0.2) is 31.4 Å². The Labute approximate surface area is 172 Å². The van der Waals surface area contributed by atoms with E-state index in [-0.39, 0.29) is 26.2 Å². The normalized spacial score (nSPS) is 12.4. The first kappa shape index (κ1) is 23.1. The fourth-order valence-corrected chi connectivity index (χ4v) is 4.75. The minimum absolute atomic E-state index is 0.180. The van der Waals surface area contributed by atoms with E-state index in [1.165, 1.54) is 0 Å². The van der Waals surface area contributed by atoms with E-state index in [4.69, 9.17) is 18.5 Å². The van der Waals surface area contributed by atoms with Gasteiger partial charge in [0, 0.05) is 0 Å². The summed E-state index contributed by atoms with van der Waals surface area (Å²) in [5.41, 5.74) is 0.876. The first-order valence-electron chi connectivity index (χ1n) is 9.83. The Morgan fingerprint density at radius 2 is 1.48 bits per heavy atom. The molecular formula is C22H29O6P. The lowest BCUT2D eigenvalue weighted by Crippen LogP contribution is -2.28. The molecule has 0 aliphatic rings. The van der Waals surface area contributed by atoms with Gasteiger partial charge in [-0.3, -0.25) is 9.36 Å². The van der Waals surface area contributed by atoms with Crippen molar-refractivity contribution < 1.29 is 27.9 Å². The van der Waals surface area contributed by atoms with E-state index in [2.05, 4.69) is 0 Å². The van der Waals surface area contributed by atoms with Gasteiger partial charge in [-0.05, 0) is 50.5 Å². The third-order valence-electron chi connectivity index (χ3n) is 4.16. The molecule has 0 spiro atoms. The van der Waals surface area contributed by atoms with Crippen LogP contribution in [0.4, 0.5) is 0 Å². The molecule has 0 heterocycles. The van der Waals surface area contributed by atoms with E-state index >= 15 is 0 Å². The summed E-state index contributed by atoms with van der Waals surface area (Å²) in [6.45, 7) is 6.16. The van der Waals surface area contributed by atoms with E-state index in [1.54, 1.807) is 20.8 Å². The molecule has 1 atom stereocenters. The molecule has 0 N–H and O–H groups in total. The third kappa shape index (κ3) is 7.00. The maximum absolute atomic E-state index is 13.2. The van der Waals surface area contributed by atoms with Crippen LogP contribution in [0.2, 0.25) is 0 Å². The van der Waals surface area contributed by atoms with Gasteiger partial charge < -0.3 is 18.5 Å². The molecule has 29 heavy (non-hydrogen) atoms. The SMILES string of the molecule is CCOC(=O)C(Cc1ccc(OCc2ccccc2)cc1)P(=O)(OCC)OCC. The molecule has 0 saturated carbocycles. The van der Waals surface area contributed by atoms with E-state index in [1.807, 2.05) is 54.6 Å². The lowest BCUT2D eigenvalue weighted by Gasteiger charge is -2.25. The number of hydrogen-bond acceptors (Lipinski definition) is 6. The van der Waals surface area contributed by atoms with Gasteiger partial charge in [-0.2, -0.15) is 0 Å². The highest BCUT2D eigenvalue weighted by Gasteiger charge is 2.42. The second kappa shape index (κ2) is 11.8. The van der Waals surface area contributed by atoms with Crippen LogP contribution in [0.1, 0.15) is 31.9 Å². The van der Waals surface area contributed by atoms with Crippen molar-refractivity contribution in [2.75, 3.05) is 19.8 Å². The average Bonchev–Trinajstić information content (AvgIpc) is 2.72. The number of hydrogen-bond donors (Lipinski definition) is 0. The highest BCUT2D eigenvalue weighted by molar-refractivity contribution is 7.55. The summed E-state index contributed by atoms with van der Waals surface area (Å²) < 4.78 is 34.9.